The molecule has 0 radical (unpaired) electrons. The Bertz CT molecular complexity index is 613. The third-order valence-electron chi connectivity index (χ3n) is 3.69. The highest BCUT2D eigenvalue weighted by atomic mass is 32.1. The summed E-state index contributed by atoms with van der Waals surface area (Å²) in [4.78, 5) is 20.8. The first-order valence-electron chi connectivity index (χ1n) is 7.12. The van der Waals surface area contributed by atoms with Gasteiger partial charge in [0, 0.05) is 35.3 Å². The van der Waals surface area contributed by atoms with Crippen molar-refractivity contribution in [1.29, 1.82) is 0 Å². The van der Waals surface area contributed by atoms with Crippen molar-refractivity contribution in [2.24, 2.45) is 5.92 Å². The van der Waals surface area contributed by atoms with Crippen molar-refractivity contribution in [2.45, 2.75) is 25.8 Å². The standard InChI is InChI=1S/C15H18N4OS/c1-10-7-11(4-6-17-10)14(20)19-15-18-13(9-21-15)12-3-2-5-16-8-12/h2-3,5,8-11,17H,4,6-7H2,1H3,(H,18,19,20)/t10-,11-/m0/s1. The van der Waals surface area contributed by atoms with Crippen LogP contribution in [-0.2, 0) is 4.79 Å². The topological polar surface area (TPSA) is 66.9 Å². The molecule has 110 valence electrons. The predicted octanol–water partition coefficient (Wildman–Crippen LogP) is 2.53. The molecule has 0 unspecified atom stereocenters. The lowest BCUT2D eigenvalue weighted by Crippen LogP contribution is -2.40. The van der Waals surface area contributed by atoms with Gasteiger partial charge in [0.05, 0.1) is 5.69 Å². The number of aromatic nitrogens is 2. The fourth-order valence-corrected chi connectivity index (χ4v) is 3.28. The summed E-state index contributed by atoms with van der Waals surface area (Å²) >= 11 is 1.45. The molecular formula is C15H18N4OS. The first-order valence-corrected chi connectivity index (χ1v) is 8.00. The molecule has 21 heavy (non-hydrogen) atoms. The van der Waals surface area contributed by atoms with E-state index in [0.29, 0.717) is 11.2 Å². The van der Waals surface area contributed by atoms with Gasteiger partial charge in [-0.25, -0.2) is 4.98 Å². The molecule has 3 heterocycles. The number of pyridine rings is 1. The summed E-state index contributed by atoms with van der Waals surface area (Å²) in [6, 6.07) is 4.24. The van der Waals surface area contributed by atoms with E-state index in [2.05, 4.69) is 27.5 Å². The molecule has 0 spiro atoms. The van der Waals surface area contributed by atoms with Crippen LogP contribution < -0.4 is 10.6 Å². The number of hydrogen-bond acceptors (Lipinski definition) is 5. The van der Waals surface area contributed by atoms with Gasteiger partial charge >= 0.3 is 0 Å². The number of nitrogens with one attached hydrogen (secondary N) is 2. The van der Waals surface area contributed by atoms with Crippen LogP contribution >= 0.6 is 11.3 Å². The molecule has 2 aromatic heterocycles. The van der Waals surface area contributed by atoms with Crippen LogP contribution in [0.3, 0.4) is 0 Å². The fraction of sp³-hybridized carbons (Fsp3) is 0.400. The molecule has 1 aliphatic heterocycles. The molecule has 1 amide bonds. The number of nitrogens with zero attached hydrogens (tertiary/aromatic N) is 2. The normalized spacial score (nSPS) is 22.0. The summed E-state index contributed by atoms with van der Waals surface area (Å²) < 4.78 is 0. The second kappa shape index (κ2) is 6.32. The Kier molecular flexibility index (Phi) is 4.26. The average Bonchev–Trinajstić information content (AvgIpc) is 2.97. The number of rotatable bonds is 3. The van der Waals surface area contributed by atoms with Gasteiger partial charge in [0.15, 0.2) is 5.13 Å². The third kappa shape index (κ3) is 3.46. The van der Waals surface area contributed by atoms with E-state index in [0.717, 1.165) is 30.6 Å². The zero-order valence-corrected chi connectivity index (χ0v) is 12.7. The molecule has 1 aliphatic rings. The van der Waals surface area contributed by atoms with Crippen molar-refractivity contribution in [3.05, 3.63) is 29.9 Å². The Balaban J connectivity index is 1.66. The number of carbonyl (C=O) groups excluding carboxylic acids is 1. The second-order valence-electron chi connectivity index (χ2n) is 5.35. The Morgan fingerprint density at radius 1 is 1.52 bits per heavy atom. The van der Waals surface area contributed by atoms with Crippen LogP contribution in [0.5, 0.6) is 0 Å². The van der Waals surface area contributed by atoms with Gasteiger partial charge in [-0.15, -0.1) is 11.3 Å². The summed E-state index contributed by atoms with van der Waals surface area (Å²) in [7, 11) is 0. The van der Waals surface area contributed by atoms with Gasteiger partial charge in [-0.2, -0.15) is 0 Å². The largest absolute Gasteiger partial charge is 0.314 e. The SMILES string of the molecule is C[C@H]1C[C@@H](C(=O)Nc2nc(-c3cccnc3)cs2)CCN1. The van der Waals surface area contributed by atoms with Crippen LogP contribution in [0.25, 0.3) is 11.3 Å². The second-order valence-corrected chi connectivity index (χ2v) is 6.20. The molecule has 2 atom stereocenters. The van der Waals surface area contributed by atoms with Crippen molar-refractivity contribution >= 4 is 22.4 Å². The van der Waals surface area contributed by atoms with Crippen LogP contribution in [0.15, 0.2) is 29.9 Å². The van der Waals surface area contributed by atoms with Crippen molar-refractivity contribution < 1.29 is 4.79 Å². The van der Waals surface area contributed by atoms with E-state index in [4.69, 9.17) is 0 Å². The summed E-state index contributed by atoms with van der Waals surface area (Å²) in [5.74, 6) is 0.155. The molecule has 0 bridgehead atoms. The lowest BCUT2D eigenvalue weighted by atomic mass is 9.92. The molecule has 0 aliphatic carbocycles. The van der Waals surface area contributed by atoms with E-state index in [1.807, 2.05) is 17.5 Å². The van der Waals surface area contributed by atoms with Crippen LogP contribution in [0, 0.1) is 5.92 Å². The summed E-state index contributed by atoms with van der Waals surface area (Å²) in [5.41, 5.74) is 1.81. The lowest BCUT2D eigenvalue weighted by Gasteiger charge is -2.26. The van der Waals surface area contributed by atoms with Gasteiger partial charge < -0.3 is 10.6 Å². The zero-order valence-electron chi connectivity index (χ0n) is 11.9. The maximum Gasteiger partial charge on any atom is 0.229 e. The zero-order chi connectivity index (χ0) is 14.7. The van der Waals surface area contributed by atoms with Crippen molar-refractivity contribution in [3.8, 4) is 11.3 Å². The van der Waals surface area contributed by atoms with Gasteiger partial charge in [0.2, 0.25) is 5.91 Å². The minimum absolute atomic E-state index is 0.0759. The predicted molar refractivity (Wildman–Crippen MR) is 84.2 cm³/mol. The smallest absolute Gasteiger partial charge is 0.229 e. The monoisotopic (exact) mass is 302 g/mol. The van der Waals surface area contributed by atoms with Crippen molar-refractivity contribution in [2.75, 3.05) is 11.9 Å². The van der Waals surface area contributed by atoms with E-state index in [1.165, 1.54) is 11.3 Å². The summed E-state index contributed by atoms with van der Waals surface area (Å²) in [6.45, 7) is 3.02. The van der Waals surface area contributed by atoms with E-state index in [-0.39, 0.29) is 11.8 Å². The molecule has 3 rings (SSSR count). The van der Waals surface area contributed by atoms with Gasteiger partial charge in [-0.05, 0) is 38.4 Å². The minimum atomic E-state index is 0.0759. The highest BCUT2D eigenvalue weighted by molar-refractivity contribution is 7.14. The Hall–Kier alpha value is -1.79. The van der Waals surface area contributed by atoms with E-state index >= 15 is 0 Å². The molecule has 2 N–H and O–H groups in total. The molecule has 1 fully saturated rings. The number of piperidine rings is 1. The van der Waals surface area contributed by atoms with Gasteiger partial charge in [-0.1, -0.05) is 0 Å². The quantitative estimate of drug-likeness (QED) is 0.914. The molecule has 2 aromatic rings. The number of thiazole rings is 1. The molecule has 0 aromatic carbocycles. The van der Waals surface area contributed by atoms with Crippen molar-refractivity contribution in [3.63, 3.8) is 0 Å². The molecule has 6 heteroatoms. The minimum Gasteiger partial charge on any atom is -0.314 e. The average molecular weight is 302 g/mol. The van der Waals surface area contributed by atoms with E-state index < -0.39 is 0 Å². The first kappa shape index (κ1) is 14.2. The van der Waals surface area contributed by atoms with Gasteiger partial charge in [0.1, 0.15) is 0 Å². The molecule has 5 nitrogen and oxygen atoms in total. The van der Waals surface area contributed by atoms with E-state index in [1.54, 1.807) is 12.4 Å². The summed E-state index contributed by atoms with van der Waals surface area (Å²) in [6.07, 6.45) is 5.27. The Labute approximate surface area is 127 Å². The number of anilines is 1. The Morgan fingerprint density at radius 3 is 3.19 bits per heavy atom. The van der Waals surface area contributed by atoms with E-state index in [9.17, 15) is 4.79 Å². The van der Waals surface area contributed by atoms with Crippen LogP contribution in [0.2, 0.25) is 0 Å². The number of amides is 1. The molecular weight excluding hydrogens is 284 g/mol. The van der Waals surface area contributed by atoms with Gasteiger partial charge in [-0.3, -0.25) is 9.78 Å². The fourth-order valence-electron chi connectivity index (χ4n) is 2.56. The maximum atomic E-state index is 12.3. The van der Waals surface area contributed by atoms with Crippen LogP contribution in [0.1, 0.15) is 19.8 Å². The maximum absolute atomic E-state index is 12.3. The van der Waals surface area contributed by atoms with Crippen LogP contribution in [-0.4, -0.2) is 28.5 Å². The Morgan fingerprint density at radius 2 is 2.43 bits per heavy atom. The first-order chi connectivity index (χ1) is 10.2. The van der Waals surface area contributed by atoms with Gasteiger partial charge in [0.25, 0.3) is 0 Å². The van der Waals surface area contributed by atoms with Crippen LogP contribution in [0.4, 0.5) is 5.13 Å². The highest BCUT2D eigenvalue weighted by Gasteiger charge is 2.25. The molecule has 1 saturated heterocycles. The summed E-state index contributed by atoms with van der Waals surface area (Å²) in [5, 5.41) is 8.90. The number of hydrogen-bond donors (Lipinski definition) is 2. The lowest BCUT2D eigenvalue weighted by molar-refractivity contribution is -0.120. The van der Waals surface area contributed by atoms with Crippen molar-refractivity contribution in [1.82, 2.24) is 15.3 Å². The molecule has 0 saturated carbocycles. The third-order valence-corrected chi connectivity index (χ3v) is 4.44. The highest BCUT2D eigenvalue weighted by Crippen LogP contribution is 2.25. The number of carbonyl (C=O) groups is 1.